The monoisotopic (exact) mass is 401 g/mol. The molecule has 122 valence electrons. The highest BCUT2D eigenvalue weighted by atomic mass is 79.9. The number of nitrogens with zero attached hydrogens (tertiary/aromatic N) is 2. The molecule has 0 fully saturated rings. The molecule has 6 heteroatoms. The number of carbonyl (C=O) groups is 1. The molecule has 1 heterocycles. The molecule has 1 atom stereocenters. The van der Waals surface area contributed by atoms with E-state index in [9.17, 15) is 4.79 Å². The largest absolute Gasteiger partial charge is 0.358 e. The van der Waals surface area contributed by atoms with Gasteiger partial charge in [0.15, 0.2) is 5.82 Å². The van der Waals surface area contributed by atoms with Crippen LogP contribution in [0.2, 0.25) is 0 Å². The number of nitrogens with one attached hydrogen (secondary N) is 1. The normalized spacial score (nSPS) is 12.1. The van der Waals surface area contributed by atoms with Crippen LogP contribution < -0.4 is 5.32 Å². The molecule has 0 saturated carbocycles. The van der Waals surface area contributed by atoms with Crippen LogP contribution in [0, 0.1) is 0 Å². The summed E-state index contributed by atoms with van der Waals surface area (Å²) in [4.78, 5) is 21.2. The fraction of sp³-hybridized carbons (Fsp3) is 0.167. The molecular formula is C18H16BrN3OS. The standard InChI is InChI=1S/C18H16BrN3OS/c1-11(17(23)20-2)24-18-14-5-3-4-6-15(14)21-16(22-18)12-7-9-13(19)10-8-12/h3-11H,1-2H3,(H,20,23). The zero-order valence-electron chi connectivity index (χ0n) is 13.3. The van der Waals surface area contributed by atoms with E-state index in [0.29, 0.717) is 5.82 Å². The van der Waals surface area contributed by atoms with Crippen LogP contribution in [0.3, 0.4) is 0 Å². The third-order valence-corrected chi connectivity index (χ3v) is 5.21. The van der Waals surface area contributed by atoms with E-state index >= 15 is 0 Å². The number of benzene rings is 2. The minimum Gasteiger partial charge on any atom is -0.358 e. The van der Waals surface area contributed by atoms with Crippen molar-refractivity contribution in [3.8, 4) is 11.4 Å². The number of fused-ring (bicyclic) bond motifs is 1. The van der Waals surface area contributed by atoms with Crippen molar-refractivity contribution >= 4 is 44.5 Å². The smallest absolute Gasteiger partial charge is 0.233 e. The Labute approximate surface area is 153 Å². The first-order chi connectivity index (χ1) is 11.6. The molecule has 0 bridgehead atoms. The van der Waals surface area contributed by atoms with Crippen LogP contribution in [0.1, 0.15) is 6.92 Å². The maximum absolute atomic E-state index is 11.9. The van der Waals surface area contributed by atoms with Gasteiger partial charge in [-0.1, -0.05) is 58.0 Å². The van der Waals surface area contributed by atoms with Crippen molar-refractivity contribution in [3.63, 3.8) is 0 Å². The van der Waals surface area contributed by atoms with Crippen molar-refractivity contribution in [3.05, 3.63) is 53.0 Å². The maximum Gasteiger partial charge on any atom is 0.233 e. The molecule has 24 heavy (non-hydrogen) atoms. The summed E-state index contributed by atoms with van der Waals surface area (Å²) in [6.45, 7) is 1.87. The van der Waals surface area contributed by atoms with Crippen LogP contribution in [0.4, 0.5) is 0 Å². The SMILES string of the molecule is CNC(=O)C(C)Sc1nc(-c2ccc(Br)cc2)nc2ccccc12. The quantitative estimate of drug-likeness (QED) is 0.523. The van der Waals surface area contributed by atoms with Crippen LogP contribution in [-0.2, 0) is 4.79 Å². The third kappa shape index (κ3) is 3.60. The van der Waals surface area contributed by atoms with Gasteiger partial charge in [-0.15, -0.1) is 0 Å². The molecule has 0 saturated heterocycles. The molecule has 0 aliphatic heterocycles. The number of rotatable bonds is 4. The predicted octanol–water partition coefficient (Wildman–Crippen LogP) is 4.29. The van der Waals surface area contributed by atoms with Crippen molar-refractivity contribution in [2.24, 2.45) is 0 Å². The second kappa shape index (κ2) is 7.32. The average Bonchev–Trinajstić information content (AvgIpc) is 2.61. The summed E-state index contributed by atoms with van der Waals surface area (Å²) in [7, 11) is 1.64. The number of thioether (sulfide) groups is 1. The van der Waals surface area contributed by atoms with E-state index in [-0.39, 0.29) is 11.2 Å². The number of aromatic nitrogens is 2. The van der Waals surface area contributed by atoms with Crippen molar-refractivity contribution in [1.82, 2.24) is 15.3 Å². The van der Waals surface area contributed by atoms with Crippen LogP contribution in [-0.4, -0.2) is 28.2 Å². The van der Waals surface area contributed by atoms with Gasteiger partial charge in [0, 0.05) is 22.5 Å². The van der Waals surface area contributed by atoms with Gasteiger partial charge >= 0.3 is 0 Å². The number of carbonyl (C=O) groups excluding carboxylic acids is 1. The predicted molar refractivity (Wildman–Crippen MR) is 102 cm³/mol. The van der Waals surface area contributed by atoms with Crippen molar-refractivity contribution < 1.29 is 4.79 Å². The van der Waals surface area contributed by atoms with Gasteiger partial charge in [-0.2, -0.15) is 0 Å². The van der Waals surface area contributed by atoms with E-state index in [1.807, 2.05) is 55.5 Å². The first-order valence-electron chi connectivity index (χ1n) is 7.49. The highest BCUT2D eigenvalue weighted by molar-refractivity contribution is 9.10. The third-order valence-electron chi connectivity index (χ3n) is 3.57. The second-order valence-corrected chi connectivity index (χ2v) is 7.50. The summed E-state index contributed by atoms with van der Waals surface area (Å²) in [6.07, 6.45) is 0. The van der Waals surface area contributed by atoms with Gasteiger partial charge in [-0.05, 0) is 25.1 Å². The Morgan fingerprint density at radius 3 is 2.54 bits per heavy atom. The first kappa shape index (κ1) is 16.9. The van der Waals surface area contributed by atoms with Crippen molar-refractivity contribution in [2.75, 3.05) is 7.05 Å². The fourth-order valence-corrected chi connectivity index (χ4v) is 3.55. The molecule has 3 rings (SSSR count). The zero-order chi connectivity index (χ0) is 17.1. The van der Waals surface area contributed by atoms with Gasteiger partial charge in [0.25, 0.3) is 0 Å². The molecule has 0 spiro atoms. The molecular weight excluding hydrogens is 386 g/mol. The van der Waals surface area contributed by atoms with E-state index in [0.717, 1.165) is 26.0 Å². The molecule has 2 aromatic carbocycles. The summed E-state index contributed by atoms with van der Waals surface area (Å²) in [6, 6.07) is 15.8. The lowest BCUT2D eigenvalue weighted by Gasteiger charge is -2.12. The molecule has 0 aliphatic rings. The van der Waals surface area contributed by atoms with Crippen LogP contribution in [0.5, 0.6) is 0 Å². The second-order valence-electron chi connectivity index (χ2n) is 5.25. The Kier molecular flexibility index (Phi) is 5.16. The van der Waals surface area contributed by atoms with Gasteiger partial charge in [-0.3, -0.25) is 4.79 Å². The molecule has 1 N–H and O–H groups in total. The minimum atomic E-state index is -0.230. The van der Waals surface area contributed by atoms with E-state index in [4.69, 9.17) is 4.98 Å². The lowest BCUT2D eigenvalue weighted by molar-refractivity contribution is -0.119. The molecule has 4 nitrogen and oxygen atoms in total. The van der Waals surface area contributed by atoms with E-state index in [2.05, 4.69) is 26.2 Å². The molecule has 0 aliphatic carbocycles. The lowest BCUT2D eigenvalue weighted by Crippen LogP contribution is -2.27. The molecule has 1 unspecified atom stereocenters. The first-order valence-corrected chi connectivity index (χ1v) is 9.16. The van der Waals surface area contributed by atoms with Crippen molar-refractivity contribution in [1.29, 1.82) is 0 Å². The Balaban J connectivity index is 2.09. The van der Waals surface area contributed by atoms with Crippen molar-refractivity contribution in [2.45, 2.75) is 17.2 Å². The van der Waals surface area contributed by atoms with Crippen LogP contribution in [0.25, 0.3) is 22.3 Å². The Bertz CT molecular complexity index is 883. The summed E-state index contributed by atoms with van der Waals surface area (Å²) in [5, 5.41) is 4.22. The summed E-state index contributed by atoms with van der Waals surface area (Å²) >= 11 is 4.88. The number of hydrogen-bond acceptors (Lipinski definition) is 4. The minimum absolute atomic E-state index is 0.0205. The van der Waals surface area contributed by atoms with Gasteiger partial charge in [0.05, 0.1) is 10.8 Å². The molecule has 1 amide bonds. The van der Waals surface area contributed by atoms with Crippen LogP contribution >= 0.6 is 27.7 Å². The van der Waals surface area contributed by atoms with E-state index in [1.165, 1.54) is 11.8 Å². The Hall–Kier alpha value is -1.92. The maximum atomic E-state index is 11.9. The summed E-state index contributed by atoms with van der Waals surface area (Å²) in [5.41, 5.74) is 1.82. The summed E-state index contributed by atoms with van der Waals surface area (Å²) in [5.74, 6) is 0.640. The van der Waals surface area contributed by atoms with Gasteiger partial charge in [0.2, 0.25) is 5.91 Å². The van der Waals surface area contributed by atoms with Crippen LogP contribution in [0.15, 0.2) is 58.0 Å². The molecule has 3 aromatic rings. The number of hydrogen-bond donors (Lipinski definition) is 1. The fourth-order valence-electron chi connectivity index (χ4n) is 2.29. The lowest BCUT2D eigenvalue weighted by atomic mass is 10.2. The van der Waals surface area contributed by atoms with E-state index in [1.54, 1.807) is 7.05 Å². The zero-order valence-corrected chi connectivity index (χ0v) is 15.7. The van der Waals surface area contributed by atoms with E-state index < -0.39 is 0 Å². The van der Waals surface area contributed by atoms with Gasteiger partial charge in [-0.25, -0.2) is 9.97 Å². The Morgan fingerprint density at radius 1 is 1.12 bits per heavy atom. The number of halogens is 1. The molecule has 0 radical (unpaired) electrons. The summed E-state index contributed by atoms with van der Waals surface area (Å²) < 4.78 is 1.01. The van der Waals surface area contributed by atoms with Gasteiger partial charge in [0.1, 0.15) is 5.03 Å². The topological polar surface area (TPSA) is 54.9 Å². The highest BCUT2D eigenvalue weighted by Gasteiger charge is 2.17. The van der Waals surface area contributed by atoms with Gasteiger partial charge < -0.3 is 5.32 Å². The Morgan fingerprint density at radius 2 is 1.83 bits per heavy atom. The highest BCUT2D eigenvalue weighted by Crippen LogP contribution is 2.31. The number of para-hydroxylation sites is 1. The molecule has 1 aromatic heterocycles. The number of amides is 1. The average molecular weight is 402 g/mol.